The normalized spacial score (nSPS) is 20.8. The number of carbonyl (C=O) groups is 1. The molecule has 134 valence electrons. The van der Waals surface area contributed by atoms with E-state index in [9.17, 15) is 23.1 Å². The van der Waals surface area contributed by atoms with Gasteiger partial charge in [0.25, 0.3) is 0 Å². The number of benzene rings is 1. The van der Waals surface area contributed by atoms with Crippen LogP contribution in [-0.2, 0) is 0 Å². The molecule has 0 spiro atoms. The van der Waals surface area contributed by atoms with Crippen molar-refractivity contribution in [2.75, 3.05) is 18.9 Å². The molecule has 0 saturated heterocycles. The molecule has 1 aliphatic carbocycles. The second-order valence-electron chi connectivity index (χ2n) is 5.95. The summed E-state index contributed by atoms with van der Waals surface area (Å²) >= 11 is 0. The highest BCUT2D eigenvalue weighted by atomic mass is 19.3. The van der Waals surface area contributed by atoms with Crippen LogP contribution >= 0.6 is 0 Å². The van der Waals surface area contributed by atoms with E-state index in [2.05, 4.69) is 10.1 Å². The molecule has 5 nitrogen and oxygen atoms in total. The van der Waals surface area contributed by atoms with Gasteiger partial charge >= 0.3 is 12.6 Å². The Bertz CT molecular complexity index is 571. The maximum Gasteiger partial charge on any atom is 0.387 e. The molecule has 0 heterocycles. The van der Waals surface area contributed by atoms with Gasteiger partial charge in [-0.15, -0.1) is 0 Å². The van der Waals surface area contributed by atoms with Crippen molar-refractivity contribution in [1.82, 2.24) is 4.90 Å². The highest BCUT2D eigenvalue weighted by molar-refractivity contribution is 5.89. The van der Waals surface area contributed by atoms with E-state index in [-0.39, 0.29) is 11.6 Å². The van der Waals surface area contributed by atoms with Crippen LogP contribution in [0.15, 0.2) is 18.2 Å². The second-order valence-corrected chi connectivity index (χ2v) is 5.95. The summed E-state index contributed by atoms with van der Waals surface area (Å²) in [5.41, 5.74) is 0.134. The molecule has 0 aliphatic heterocycles. The minimum absolute atomic E-state index is 0.0213. The number of ether oxygens (including phenoxy) is 1. The summed E-state index contributed by atoms with van der Waals surface area (Å²) in [5.74, 6) is -1.55. The third kappa shape index (κ3) is 5.02. The number of hydrogen-bond donors (Lipinski definition) is 2. The van der Waals surface area contributed by atoms with E-state index in [4.69, 9.17) is 0 Å². The van der Waals surface area contributed by atoms with Crippen LogP contribution in [-0.4, -0.2) is 42.3 Å². The largest absolute Gasteiger partial charge is 0.432 e. The Morgan fingerprint density at radius 1 is 1.42 bits per heavy atom. The van der Waals surface area contributed by atoms with Crippen LogP contribution in [0, 0.1) is 11.7 Å². The fourth-order valence-electron chi connectivity index (χ4n) is 2.82. The quantitative estimate of drug-likeness (QED) is 0.858. The summed E-state index contributed by atoms with van der Waals surface area (Å²) in [4.78, 5) is 13.5. The highest BCUT2D eigenvalue weighted by Gasteiger charge is 2.25. The molecule has 8 heteroatoms. The van der Waals surface area contributed by atoms with Crippen molar-refractivity contribution >= 4 is 11.7 Å². The van der Waals surface area contributed by atoms with Gasteiger partial charge in [-0.1, -0.05) is 12.8 Å². The molecular formula is C16H21F3N2O3. The number of nitrogens with one attached hydrogen (secondary N) is 1. The fourth-order valence-corrected chi connectivity index (χ4v) is 2.82. The van der Waals surface area contributed by atoms with Gasteiger partial charge in [0.2, 0.25) is 0 Å². The molecule has 0 radical (unpaired) electrons. The summed E-state index contributed by atoms with van der Waals surface area (Å²) in [6.45, 7) is -2.73. The van der Waals surface area contributed by atoms with Gasteiger partial charge in [0, 0.05) is 31.3 Å². The van der Waals surface area contributed by atoms with Crippen LogP contribution < -0.4 is 10.1 Å². The standard InChI is InChI=1S/C16H21F3N2O3/c1-21(9-10-4-2-3-5-13(10)22)16(23)20-11-6-7-14(12(17)8-11)24-15(18)19/h6-8,10,13,15,22H,2-5,9H2,1H3,(H,20,23). The Morgan fingerprint density at radius 3 is 2.75 bits per heavy atom. The Kier molecular flexibility index (Phi) is 6.30. The monoisotopic (exact) mass is 346 g/mol. The van der Waals surface area contributed by atoms with Gasteiger partial charge in [-0.25, -0.2) is 9.18 Å². The van der Waals surface area contributed by atoms with Gasteiger partial charge in [0.05, 0.1) is 6.10 Å². The zero-order valence-corrected chi connectivity index (χ0v) is 13.3. The molecule has 2 unspecified atom stereocenters. The summed E-state index contributed by atoms with van der Waals surface area (Å²) in [6.07, 6.45) is 3.18. The topological polar surface area (TPSA) is 61.8 Å². The van der Waals surface area contributed by atoms with E-state index in [1.807, 2.05) is 0 Å². The number of alkyl halides is 2. The van der Waals surface area contributed by atoms with Gasteiger partial charge < -0.3 is 20.1 Å². The number of hydrogen-bond acceptors (Lipinski definition) is 3. The molecule has 2 amide bonds. The summed E-state index contributed by atoms with van der Waals surface area (Å²) in [5, 5.41) is 12.4. The highest BCUT2D eigenvalue weighted by Crippen LogP contribution is 2.26. The molecule has 2 atom stereocenters. The van der Waals surface area contributed by atoms with Crippen LogP contribution in [0.5, 0.6) is 5.75 Å². The van der Waals surface area contributed by atoms with Gasteiger partial charge in [-0.05, 0) is 25.0 Å². The molecule has 1 aromatic rings. The van der Waals surface area contributed by atoms with Gasteiger partial charge in [-0.2, -0.15) is 8.78 Å². The maximum atomic E-state index is 13.6. The van der Waals surface area contributed by atoms with Crippen molar-refractivity contribution in [1.29, 1.82) is 0 Å². The zero-order chi connectivity index (χ0) is 17.7. The number of nitrogens with zero attached hydrogens (tertiary/aromatic N) is 1. The van der Waals surface area contributed by atoms with E-state index in [0.717, 1.165) is 37.8 Å². The number of anilines is 1. The van der Waals surface area contributed by atoms with E-state index < -0.39 is 30.3 Å². The summed E-state index contributed by atoms with van der Waals surface area (Å²) < 4.78 is 41.8. The Morgan fingerprint density at radius 2 is 2.12 bits per heavy atom. The van der Waals surface area contributed by atoms with E-state index in [1.54, 1.807) is 7.05 Å². The average Bonchev–Trinajstić information content (AvgIpc) is 2.52. The Labute approximate surface area is 138 Å². The van der Waals surface area contributed by atoms with E-state index in [1.165, 1.54) is 11.0 Å². The van der Waals surface area contributed by atoms with Gasteiger partial charge in [0.1, 0.15) is 0 Å². The first kappa shape index (κ1) is 18.4. The number of aliphatic hydroxyl groups excluding tert-OH is 1. The lowest BCUT2D eigenvalue weighted by Gasteiger charge is -2.31. The first-order chi connectivity index (χ1) is 11.4. The van der Waals surface area contributed by atoms with E-state index >= 15 is 0 Å². The molecule has 1 aliphatic rings. The number of rotatable bonds is 5. The van der Waals surface area contributed by atoms with E-state index in [0.29, 0.717) is 6.54 Å². The zero-order valence-electron chi connectivity index (χ0n) is 13.3. The smallest absolute Gasteiger partial charge is 0.387 e. The van der Waals surface area contributed by atoms with Crippen LogP contribution in [0.25, 0.3) is 0 Å². The van der Waals surface area contributed by atoms with Crippen molar-refractivity contribution in [3.63, 3.8) is 0 Å². The molecule has 0 bridgehead atoms. The summed E-state index contributed by atoms with van der Waals surface area (Å²) in [7, 11) is 1.58. The maximum absolute atomic E-state index is 13.6. The molecule has 1 saturated carbocycles. The minimum atomic E-state index is -3.12. The predicted octanol–water partition coefficient (Wildman–Crippen LogP) is 3.44. The molecule has 0 aromatic heterocycles. The van der Waals surface area contributed by atoms with Crippen LogP contribution in [0.4, 0.5) is 23.7 Å². The third-order valence-corrected chi connectivity index (χ3v) is 4.12. The van der Waals surface area contributed by atoms with Crippen molar-refractivity contribution in [2.24, 2.45) is 5.92 Å². The Balaban J connectivity index is 1.92. The number of carbonyl (C=O) groups excluding carboxylic acids is 1. The van der Waals surface area contributed by atoms with Crippen LogP contribution in [0.1, 0.15) is 25.7 Å². The molecule has 24 heavy (non-hydrogen) atoms. The third-order valence-electron chi connectivity index (χ3n) is 4.12. The lowest BCUT2D eigenvalue weighted by atomic mass is 9.86. The van der Waals surface area contributed by atoms with Crippen molar-refractivity contribution in [2.45, 2.75) is 38.4 Å². The Hall–Kier alpha value is -1.96. The van der Waals surface area contributed by atoms with Crippen molar-refractivity contribution < 1.29 is 27.8 Å². The van der Waals surface area contributed by atoms with Crippen molar-refractivity contribution in [3.05, 3.63) is 24.0 Å². The SMILES string of the molecule is CN(CC1CCCCC1O)C(=O)Nc1ccc(OC(F)F)c(F)c1. The lowest BCUT2D eigenvalue weighted by Crippen LogP contribution is -2.40. The molecule has 1 fully saturated rings. The molecule has 1 aromatic carbocycles. The molecular weight excluding hydrogens is 325 g/mol. The second kappa shape index (κ2) is 8.23. The number of amides is 2. The summed E-state index contributed by atoms with van der Waals surface area (Å²) in [6, 6.07) is 2.76. The van der Waals surface area contributed by atoms with Gasteiger partial charge in [-0.3, -0.25) is 0 Å². The van der Waals surface area contributed by atoms with Gasteiger partial charge in [0.15, 0.2) is 11.6 Å². The number of halogens is 3. The fraction of sp³-hybridized carbons (Fsp3) is 0.562. The van der Waals surface area contributed by atoms with Crippen LogP contribution in [0.3, 0.4) is 0 Å². The first-order valence-corrected chi connectivity index (χ1v) is 7.81. The lowest BCUT2D eigenvalue weighted by molar-refractivity contribution is -0.0521. The molecule has 2 N–H and O–H groups in total. The van der Waals surface area contributed by atoms with Crippen LogP contribution in [0.2, 0.25) is 0 Å². The van der Waals surface area contributed by atoms with Crippen molar-refractivity contribution in [3.8, 4) is 5.75 Å². The predicted molar refractivity (Wildman–Crippen MR) is 82.6 cm³/mol. The molecule has 2 rings (SSSR count). The average molecular weight is 346 g/mol. The number of aliphatic hydroxyl groups is 1. The minimum Gasteiger partial charge on any atom is -0.432 e. The first-order valence-electron chi connectivity index (χ1n) is 7.81. The number of urea groups is 1.